The lowest BCUT2D eigenvalue weighted by atomic mass is 10.0. The molecule has 1 fully saturated rings. The molecule has 0 aliphatic carbocycles. The number of carbonyl (C=O) groups is 2. The molecule has 1 saturated heterocycles. The van der Waals surface area contributed by atoms with Gasteiger partial charge in [0.25, 0.3) is 5.91 Å². The van der Waals surface area contributed by atoms with Gasteiger partial charge in [-0.15, -0.1) is 0 Å². The maximum atomic E-state index is 12.9. The van der Waals surface area contributed by atoms with Crippen LogP contribution in [0.25, 0.3) is 11.4 Å². The molecule has 3 heterocycles. The minimum absolute atomic E-state index is 0.00286. The van der Waals surface area contributed by atoms with E-state index in [2.05, 4.69) is 15.5 Å². The van der Waals surface area contributed by atoms with Gasteiger partial charge in [0, 0.05) is 17.8 Å². The van der Waals surface area contributed by atoms with Crippen molar-refractivity contribution < 1.29 is 14.3 Å². The highest BCUT2D eigenvalue weighted by atomic mass is 16.5. The number of amides is 2. The molecule has 0 bridgehead atoms. The van der Waals surface area contributed by atoms with Crippen molar-refractivity contribution in [2.45, 2.75) is 31.7 Å². The molecule has 0 unspecified atom stereocenters. The number of aromatic nitrogens is 3. The summed E-state index contributed by atoms with van der Waals surface area (Å²) in [5, 5.41) is 10.2. The van der Waals surface area contributed by atoms with Gasteiger partial charge in [-0.1, -0.05) is 18.2 Å². The van der Waals surface area contributed by atoms with Crippen LogP contribution in [0.15, 0.2) is 48.5 Å². The van der Waals surface area contributed by atoms with E-state index in [1.807, 2.05) is 53.4 Å². The molecule has 8 heteroatoms. The normalized spacial score (nSPS) is 17.9. The number of benzene rings is 2. The number of para-hydroxylation sites is 1. The van der Waals surface area contributed by atoms with Crippen LogP contribution < -0.4 is 10.1 Å². The summed E-state index contributed by atoms with van der Waals surface area (Å²) in [4.78, 5) is 31.0. The van der Waals surface area contributed by atoms with E-state index >= 15 is 0 Å². The molecule has 0 spiro atoms. The van der Waals surface area contributed by atoms with Gasteiger partial charge in [0.15, 0.2) is 12.4 Å². The molecular weight excluding hydrogens is 394 g/mol. The summed E-state index contributed by atoms with van der Waals surface area (Å²) in [6.07, 6.45) is 3.18. The highest BCUT2D eigenvalue weighted by Crippen LogP contribution is 2.31. The fraction of sp³-hybridized carbons (Fsp3) is 0.304. The number of carbonyl (C=O) groups excluding carboxylic acids is 2. The molecular formula is C23H23N5O3. The smallest absolute Gasteiger partial charge is 0.261 e. The first kappa shape index (κ1) is 19.3. The van der Waals surface area contributed by atoms with E-state index < -0.39 is 0 Å². The third kappa shape index (κ3) is 4.01. The van der Waals surface area contributed by atoms with Crippen LogP contribution in [0.4, 0.5) is 5.69 Å². The number of anilines is 1. The maximum Gasteiger partial charge on any atom is 0.261 e. The molecule has 31 heavy (non-hydrogen) atoms. The van der Waals surface area contributed by atoms with E-state index in [1.54, 1.807) is 0 Å². The van der Waals surface area contributed by atoms with E-state index in [0.717, 1.165) is 36.1 Å². The number of nitrogens with one attached hydrogen (secondary N) is 2. The summed E-state index contributed by atoms with van der Waals surface area (Å²) in [5.74, 6) is 1.86. The van der Waals surface area contributed by atoms with Gasteiger partial charge in [-0.3, -0.25) is 14.7 Å². The van der Waals surface area contributed by atoms with Gasteiger partial charge in [0.05, 0.1) is 12.5 Å². The minimum Gasteiger partial charge on any atom is -0.484 e. The van der Waals surface area contributed by atoms with Crippen LogP contribution in [0.3, 0.4) is 0 Å². The summed E-state index contributed by atoms with van der Waals surface area (Å²) >= 11 is 0. The number of H-pyrrole nitrogens is 1. The van der Waals surface area contributed by atoms with E-state index in [9.17, 15) is 9.59 Å². The SMILES string of the molecule is O=C1Cc2cc(-c3n[nH]c([C@H]4CCCCN4C(=O)COc4ccccc4)n3)ccc2N1. The average Bonchev–Trinajstić information content (AvgIpc) is 3.43. The van der Waals surface area contributed by atoms with E-state index in [0.29, 0.717) is 30.4 Å². The highest BCUT2D eigenvalue weighted by Gasteiger charge is 2.31. The summed E-state index contributed by atoms with van der Waals surface area (Å²) in [5.41, 5.74) is 2.63. The molecule has 1 aromatic heterocycles. The number of rotatable bonds is 5. The zero-order chi connectivity index (χ0) is 21.2. The Kier molecular flexibility index (Phi) is 5.11. The lowest BCUT2D eigenvalue weighted by molar-refractivity contribution is -0.137. The molecule has 5 rings (SSSR count). The predicted octanol–water partition coefficient (Wildman–Crippen LogP) is 3.10. The number of aromatic amines is 1. The van der Waals surface area contributed by atoms with Gasteiger partial charge in [0.2, 0.25) is 5.91 Å². The highest BCUT2D eigenvalue weighted by molar-refractivity contribution is 5.99. The number of fused-ring (bicyclic) bond motifs is 1. The lowest BCUT2D eigenvalue weighted by Gasteiger charge is -2.34. The molecule has 0 saturated carbocycles. The third-order valence-electron chi connectivity index (χ3n) is 5.74. The van der Waals surface area contributed by atoms with Crippen LogP contribution in [0.1, 0.15) is 36.7 Å². The Morgan fingerprint density at radius 2 is 2.03 bits per heavy atom. The van der Waals surface area contributed by atoms with Crippen molar-refractivity contribution in [1.29, 1.82) is 0 Å². The zero-order valence-corrected chi connectivity index (χ0v) is 17.0. The summed E-state index contributed by atoms with van der Waals surface area (Å²) in [6, 6.07) is 14.9. The fourth-order valence-corrected chi connectivity index (χ4v) is 4.18. The number of hydrogen-bond donors (Lipinski definition) is 2. The fourth-order valence-electron chi connectivity index (χ4n) is 4.18. The van der Waals surface area contributed by atoms with E-state index in [4.69, 9.17) is 9.72 Å². The molecule has 2 amide bonds. The van der Waals surface area contributed by atoms with Gasteiger partial charge >= 0.3 is 0 Å². The van der Waals surface area contributed by atoms with Crippen LogP contribution in [-0.4, -0.2) is 45.0 Å². The van der Waals surface area contributed by atoms with Gasteiger partial charge in [-0.25, -0.2) is 4.98 Å². The van der Waals surface area contributed by atoms with Gasteiger partial charge in [-0.05, 0) is 55.2 Å². The topological polar surface area (TPSA) is 100 Å². The standard InChI is InChI=1S/C23H23N5O3/c29-20-13-16-12-15(9-10-18(16)24-20)22-25-23(27-26-22)19-8-4-5-11-28(19)21(30)14-31-17-6-2-1-3-7-17/h1-3,6-7,9-10,12,19H,4-5,8,11,13-14H2,(H,24,29)(H,25,26,27)/t19-/m1/s1. The van der Waals surface area contributed by atoms with Gasteiger partial charge in [0.1, 0.15) is 11.6 Å². The molecule has 158 valence electrons. The number of likely N-dealkylation sites (tertiary alicyclic amines) is 1. The second kappa shape index (κ2) is 8.22. The first-order chi connectivity index (χ1) is 15.2. The van der Waals surface area contributed by atoms with Crippen LogP contribution in [0, 0.1) is 0 Å². The molecule has 1 atom stereocenters. The molecule has 3 aromatic rings. The third-order valence-corrected chi connectivity index (χ3v) is 5.74. The van der Waals surface area contributed by atoms with Crippen molar-refractivity contribution in [3.05, 3.63) is 59.9 Å². The Bertz CT molecular complexity index is 1110. The predicted molar refractivity (Wildman–Crippen MR) is 114 cm³/mol. The van der Waals surface area contributed by atoms with Crippen LogP contribution in [0.5, 0.6) is 5.75 Å². The Morgan fingerprint density at radius 1 is 1.16 bits per heavy atom. The Hall–Kier alpha value is -3.68. The van der Waals surface area contributed by atoms with Gasteiger partial charge < -0.3 is 15.0 Å². The molecule has 8 nitrogen and oxygen atoms in total. The molecule has 2 aliphatic heterocycles. The Labute approximate surface area is 179 Å². The van der Waals surface area contributed by atoms with Crippen molar-refractivity contribution in [1.82, 2.24) is 20.1 Å². The van der Waals surface area contributed by atoms with Crippen LogP contribution in [-0.2, 0) is 16.0 Å². The summed E-state index contributed by atoms with van der Waals surface area (Å²) in [7, 11) is 0. The number of piperidine rings is 1. The van der Waals surface area contributed by atoms with Crippen molar-refractivity contribution in [3.8, 4) is 17.1 Å². The lowest BCUT2D eigenvalue weighted by Crippen LogP contribution is -2.41. The Balaban J connectivity index is 1.32. The number of hydrogen-bond acceptors (Lipinski definition) is 5. The van der Waals surface area contributed by atoms with Gasteiger partial charge in [-0.2, -0.15) is 5.10 Å². The van der Waals surface area contributed by atoms with E-state index in [-0.39, 0.29) is 24.5 Å². The molecule has 2 aliphatic rings. The average molecular weight is 417 g/mol. The van der Waals surface area contributed by atoms with Crippen molar-refractivity contribution in [2.75, 3.05) is 18.5 Å². The molecule has 0 radical (unpaired) electrons. The summed E-state index contributed by atoms with van der Waals surface area (Å²) in [6.45, 7) is 0.664. The molecule has 2 aromatic carbocycles. The Morgan fingerprint density at radius 3 is 2.90 bits per heavy atom. The second-order valence-corrected chi connectivity index (χ2v) is 7.84. The van der Waals surface area contributed by atoms with Crippen molar-refractivity contribution in [2.24, 2.45) is 0 Å². The van der Waals surface area contributed by atoms with Crippen LogP contribution >= 0.6 is 0 Å². The maximum absolute atomic E-state index is 12.9. The summed E-state index contributed by atoms with van der Waals surface area (Å²) < 4.78 is 5.66. The van der Waals surface area contributed by atoms with Crippen molar-refractivity contribution in [3.63, 3.8) is 0 Å². The monoisotopic (exact) mass is 417 g/mol. The number of ether oxygens (including phenoxy) is 1. The zero-order valence-electron chi connectivity index (χ0n) is 17.0. The largest absolute Gasteiger partial charge is 0.484 e. The number of nitrogens with zero attached hydrogens (tertiary/aromatic N) is 3. The quantitative estimate of drug-likeness (QED) is 0.664. The van der Waals surface area contributed by atoms with E-state index in [1.165, 1.54) is 0 Å². The molecule has 2 N–H and O–H groups in total. The first-order valence-electron chi connectivity index (χ1n) is 10.5. The second-order valence-electron chi connectivity index (χ2n) is 7.84. The minimum atomic E-state index is -0.153. The first-order valence-corrected chi connectivity index (χ1v) is 10.5. The van der Waals surface area contributed by atoms with Crippen LogP contribution in [0.2, 0.25) is 0 Å². The van der Waals surface area contributed by atoms with Crippen molar-refractivity contribution >= 4 is 17.5 Å².